The van der Waals surface area contributed by atoms with Crippen molar-refractivity contribution in [2.45, 2.75) is 57.4 Å². The predicted octanol–water partition coefficient (Wildman–Crippen LogP) is 6.14. The Morgan fingerprint density at radius 1 is 0.818 bits per heavy atom. The van der Waals surface area contributed by atoms with Crippen molar-refractivity contribution >= 4 is 11.7 Å². The molecule has 2 heterocycles. The fourth-order valence-corrected chi connectivity index (χ4v) is 4.66. The Bertz CT molecular complexity index is 939. The Kier molecular flexibility index (Phi) is 8.51. The van der Waals surface area contributed by atoms with Crippen LogP contribution in [0.3, 0.4) is 0 Å². The van der Waals surface area contributed by atoms with E-state index in [1.54, 1.807) is 6.20 Å². The number of likely N-dealkylation sites (tertiary alicyclic amines) is 1. The first-order chi connectivity index (χ1) is 16.3. The van der Waals surface area contributed by atoms with Crippen molar-refractivity contribution < 1.29 is 4.79 Å². The van der Waals surface area contributed by atoms with Crippen molar-refractivity contribution in [2.24, 2.45) is 0 Å². The van der Waals surface area contributed by atoms with Gasteiger partial charge in [0.05, 0.1) is 5.56 Å². The molecule has 1 aliphatic heterocycles. The fourth-order valence-electron chi connectivity index (χ4n) is 4.66. The number of carbonyl (C=O) groups excluding carboxylic acids is 1. The number of nitrogens with zero attached hydrogens (tertiary/aromatic N) is 2. The molecular formula is C29H35N3O. The minimum Gasteiger partial charge on any atom is -0.367 e. The summed E-state index contributed by atoms with van der Waals surface area (Å²) in [4.78, 5) is 19.6. The van der Waals surface area contributed by atoms with E-state index in [0.29, 0.717) is 5.56 Å². The van der Waals surface area contributed by atoms with E-state index < -0.39 is 0 Å². The molecular weight excluding hydrogens is 406 g/mol. The molecule has 0 bridgehead atoms. The molecule has 0 saturated carbocycles. The second kappa shape index (κ2) is 12.2. The van der Waals surface area contributed by atoms with E-state index in [1.807, 2.05) is 17.0 Å². The average Bonchev–Trinajstić information content (AvgIpc) is 3.40. The number of anilines is 1. The van der Waals surface area contributed by atoms with Gasteiger partial charge in [-0.3, -0.25) is 4.79 Å². The number of carbonyl (C=O) groups is 1. The highest BCUT2D eigenvalue weighted by Crippen LogP contribution is 2.22. The Balaban J connectivity index is 1.41. The molecule has 0 unspecified atom stereocenters. The van der Waals surface area contributed by atoms with Gasteiger partial charge in [0.15, 0.2) is 0 Å². The third-order valence-electron chi connectivity index (χ3n) is 6.49. The third-order valence-corrected chi connectivity index (χ3v) is 6.49. The molecule has 2 aromatic carbocycles. The normalized spacial score (nSPS) is 13.4. The van der Waals surface area contributed by atoms with Gasteiger partial charge in [0.1, 0.15) is 5.82 Å². The average molecular weight is 442 g/mol. The van der Waals surface area contributed by atoms with E-state index in [2.05, 4.69) is 71.0 Å². The summed E-state index contributed by atoms with van der Waals surface area (Å²) < 4.78 is 0. The molecule has 0 aliphatic carbocycles. The van der Waals surface area contributed by atoms with Crippen molar-refractivity contribution in [3.8, 4) is 0 Å². The molecule has 1 amide bonds. The summed E-state index contributed by atoms with van der Waals surface area (Å²) in [6.45, 7) is 1.70. The maximum atomic E-state index is 13.1. The van der Waals surface area contributed by atoms with Gasteiger partial charge in [-0.25, -0.2) is 4.98 Å². The van der Waals surface area contributed by atoms with Gasteiger partial charge in [0.2, 0.25) is 0 Å². The lowest BCUT2D eigenvalue weighted by Gasteiger charge is -2.23. The van der Waals surface area contributed by atoms with Gasteiger partial charge >= 0.3 is 0 Å². The lowest BCUT2D eigenvalue weighted by atomic mass is 9.99. The van der Waals surface area contributed by atoms with Crippen molar-refractivity contribution in [1.29, 1.82) is 0 Å². The largest absolute Gasteiger partial charge is 0.367 e. The third kappa shape index (κ3) is 6.92. The number of aryl methyl sites for hydroxylation is 2. The van der Waals surface area contributed by atoms with E-state index >= 15 is 0 Å². The Hall–Kier alpha value is -3.14. The van der Waals surface area contributed by atoms with Crippen LogP contribution in [-0.4, -0.2) is 34.9 Å². The first-order valence-corrected chi connectivity index (χ1v) is 12.4. The van der Waals surface area contributed by atoms with Crippen LogP contribution in [-0.2, 0) is 12.8 Å². The molecule has 0 spiro atoms. The van der Waals surface area contributed by atoms with Crippen LogP contribution in [0.2, 0.25) is 0 Å². The highest BCUT2D eigenvalue weighted by Gasteiger charge is 2.23. The van der Waals surface area contributed by atoms with Crippen LogP contribution in [0.5, 0.6) is 0 Å². The highest BCUT2D eigenvalue weighted by molar-refractivity contribution is 5.98. The molecule has 1 aliphatic rings. The maximum absolute atomic E-state index is 13.1. The molecule has 1 fully saturated rings. The number of nitrogens with one attached hydrogen (secondary N) is 1. The number of hydrogen-bond acceptors (Lipinski definition) is 3. The monoisotopic (exact) mass is 441 g/mol. The molecule has 172 valence electrons. The van der Waals surface area contributed by atoms with Gasteiger partial charge in [-0.1, -0.05) is 60.7 Å². The van der Waals surface area contributed by atoms with Crippen LogP contribution < -0.4 is 5.32 Å². The molecule has 0 atom stereocenters. The second-order valence-electron chi connectivity index (χ2n) is 9.00. The van der Waals surface area contributed by atoms with Crippen LogP contribution in [0, 0.1) is 0 Å². The minimum absolute atomic E-state index is 0.107. The topological polar surface area (TPSA) is 45.2 Å². The summed E-state index contributed by atoms with van der Waals surface area (Å²) in [7, 11) is 0. The van der Waals surface area contributed by atoms with E-state index in [0.717, 1.165) is 70.3 Å². The molecule has 1 aromatic heterocycles. The summed E-state index contributed by atoms with van der Waals surface area (Å²) in [5, 5.41) is 3.67. The number of pyridine rings is 1. The van der Waals surface area contributed by atoms with Crippen LogP contribution in [0.4, 0.5) is 5.82 Å². The van der Waals surface area contributed by atoms with Crippen molar-refractivity contribution in [1.82, 2.24) is 9.88 Å². The van der Waals surface area contributed by atoms with Crippen molar-refractivity contribution in [3.63, 3.8) is 0 Å². The summed E-state index contributed by atoms with van der Waals surface area (Å²) in [6.07, 6.45) is 10.4. The zero-order chi connectivity index (χ0) is 22.7. The summed E-state index contributed by atoms with van der Waals surface area (Å²) in [5.41, 5.74) is 3.46. The SMILES string of the molecule is O=C(c1cccnc1NC(CCCc1ccccc1)CCCc1ccccc1)N1CCCC1. The van der Waals surface area contributed by atoms with Gasteiger partial charge in [-0.2, -0.15) is 0 Å². The lowest BCUT2D eigenvalue weighted by Crippen LogP contribution is -2.30. The van der Waals surface area contributed by atoms with Crippen LogP contribution >= 0.6 is 0 Å². The first kappa shape index (κ1) is 23.0. The number of rotatable bonds is 11. The minimum atomic E-state index is 0.107. The molecule has 1 saturated heterocycles. The zero-order valence-electron chi connectivity index (χ0n) is 19.5. The Morgan fingerprint density at radius 3 is 1.97 bits per heavy atom. The Labute approximate surface area is 198 Å². The van der Waals surface area contributed by atoms with Gasteiger partial charge in [0, 0.05) is 25.3 Å². The quantitative estimate of drug-likeness (QED) is 0.388. The van der Waals surface area contributed by atoms with E-state index in [-0.39, 0.29) is 11.9 Å². The van der Waals surface area contributed by atoms with Gasteiger partial charge in [-0.15, -0.1) is 0 Å². The molecule has 4 nitrogen and oxygen atoms in total. The fraction of sp³-hybridized carbons (Fsp3) is 0.379. The lowest BCUT2D eigenvalue weighted by molar-refractivity contribution is 0.0793. The zero-order valence-corrected chi connectivity index (χ0v) is 19.5. The Morgan fingerprint density at radius 2 is 1.39 bits per heavy atom. The van der Waals surface area contributed by atoms with Gasteiger partial charge in [-0.05, 0) is 74.6 Å². The number of amides is 1. The molecule has 0 radical (unpaired) electrons. The van der Waals surface area contributed by atoms with E-state index in [9.17, 15) is 4.79 Å². The standard InChI is InChI=1S/C29H35N3O/c33-29(32-22-7-8-23-32)27-20-11-21-30-28(27)31-26(18-9-16-24-12-3-1-4-13-24)19-10-17-25-14-5-2-6-15-25/h1-6,11-15,20-21,26H,7-10,16-19,22-23H2,(H,30,31). The van der Waals surface area contributed by atoms with Crippen molar-refractivity contribution in [2.75, 3.05) is 18.4 Å². The smallest absolute Gasteiger partial charge is 0.257 e. The second-order valence-corrected chi connectivity index (χ2v) is 9.00. The summed E-state index contributed by atoms with van der Waals surface area (Å²) in [5.74, 6) is 0.842. The van der Waals surface area contributed by atoms with Gasteiger partial charge < -0.3 is 10.2 Å². The highest BCUT2D eigenvalue weighted by atomic mass is 16.2. The molecule has 4 rings (SSSR count). The molecule has 1 N–H and O–H groups in total. The maximum Gasteiger partial charge on any atom is 0.257 e. The summed E-state index contributed by atoms with van der Waals surface area (Å²) >= 11 is 0. The van der Waals surface area contributed by atoms with E-state index in [4.69, 9.17) is 0 Å². The van der Waals surface area contributed by atoms with E-state index in [1.165, 1.54) is 11.1 Å². The first-order valence-electron chi connectivity index (χ1n) is 12.4. The summed E-state index contributed by atoms with van der Waals surface area (Å²) in [6, 6.07) is 25.4. The van der Waals surface area contributed by atoms with Gasteiger partial charge in [0.25, 0.3) is 5.91 Å². The molecule has 3 aromatic rings. The predicted molar refractivity (Wildman–Crippen MR) is 136 cm³/mol. The van der Waals surface area contributed by atoms with Crippen molar-refractivity contribution in [3.05, 3.63) is 95.7 Å². The molecule has 4 heteroatoms. The van der Waals surface area contributed by atoms with Crippen LogP contribution in [0.1, 0.15) is 60.0 Å². The van der Waals surface area contributed by atoms with Crippen LogP contribution in [0.15, 0.2) is 79.0 Å². The number of aromatic nitrogens is 1. The number of benzene rings is 2. The number of hydrogen-bond donors (Lipinski definition) is 1. The van der Waals surface area contributed by atoms with Crippen LogP contribution in [0.25, 0.3) is 0 Å². The molecule has 33 heavy (non-hydrogen) atoms.